The number of aromatic hydroxyl groups is 1. The third-order valence-corrected chi connectivity index (χ3v) is 9.01. The molecule has 11 nitrogen and oxygen atoms in total. The number of carbonyl (C=O) groups excluding carboxylic acids is 3. The van der Waals surface area contributed by atoms with Crippen molar-refractivity contribution in [2.45, 2.75) is 37.5 Å². The van der Waals surface area contributed by atoms with E-state index in [1.165, 1.54) is 4.90 Å². The molecular weight excluding hydrogens is 552 g/mol. The molecule has 43 heavy (non-hydrogen) atoms. The van der Waals surface area contributed by atoms with Gasteiger partial charge in [0.15, 0.2) is 11.4 Å². The third-order valence-electron chi connectivity index (χ3n) is 9.01. The molecule has 0 aromatic heterocycles. The van der Waals surface area contributed by atoms with Gasteiger partial charge in [0, 0.05) is 43.4 Å². The summed E-state index contributed by atoms with van der Waals surface area (Å²) in [5.74, 6) is -6.60. The second-order valence-electron chi connectivity index (χ2n) is 12.0. The largest absolute Gasteiger partial charge is 0.508 e. The Labute approximate surface area is 249 Å². The monoisotopic (exact) mass is 590 g/mol. The molecule has 1 amide bonds. The molecule has 0 bridgehead atoms. The predicted octanol–water partition coefficient (Wildman–Crippen LogP) is 1.36. The highest BCUT2D eigenvalue weighted by molar-refractivity contribution is 6.24. The SMILES string of the molecule is CN(C)c1cc(CNCCc2ccccc2)c(O)c2c1C[C@H]1C[C@H]3C(N(C)C)C(=O)C(C(N)=O)=C(O)[C@]3(O)C(=O)C1=C2O. The number of hydrogen-bond donors (Lipinski definition) is 6. The van der Waals surface area contributed by atoms with Gasteiger partial charge in [0.25, 0.3) is 5.91 Å². The summed E-state index contributed by atoms with van der Waals surface area (Å²) in [5, 5.41) is 49.2. The van der Waals surface area contributed by atoms with Crippen molar-refractivity contribution < 1.29 is 34.8 Å². The number of likely N-dealkylation sites (N-methyl/N-ethyl adjacent to an activating group) is 1. The van der Waals surface area contributed by atoms with Gasteiger partial charge in [-0.2, -0.15) is 0 Å². The molecule has 228 valence electrons. The topological polar surface area (TPSA) is 177 Å². The second kappa shape index (κ2) is 11.1. The minimum absolute atomic E-state index is 0.0438. The lowest BCUT2D eigenvalue weighted by Gasteiger charge is -2.50. The first-order valence-electron chi connectivity index (χ1n) is 14.2. The number of phenolic OH excluding ortho intramolecular Hbond substituents is 1. The number of rotatable bonds is 8. The number of nitrogens with zero attached hydrogens (tertiary/aromatic N) is 2. The molecule has 1 unspecified atom stereocenters. The highest BCUT2D eigenvalue weighted by atomic mass is 16.3. The van der Waals surface area contributed by atoms with Gasteiger partial charge in [-0.15, -0.1) is 0 Å². The average Bonchev–Trinajstić information content (AvgIpc) is 2.94. The number of ketones is 2. The Bertz CT molecular complexity index is 1560. The standard InChI is InChI=1S/C32H38N4O7/c1-35(2)21-14-18(15-34-11-10-16-8-6-5-7-9-16)26(37)23-19(21)12-17-13-20-25(36(3)4)28(39)24(31(33)42)30(41)32(20,43)29(40)22(17)27(23)38/h5-9,14,17,20,25,34,37-38,41,43H,10-13,15H2,1-4H3,(H2,33,42)/t17-,20-,25?,32+/m0/s1. The van der Waals surface area contributed by atoms with Crippen LogP contribution in [0.5, 0.6) is 5.75 Å². The van der Waals surface area contributed by atoms with E-state index in [2.05, 4.69) is 5.32 Å². The number of nitrogens with one attached hydrogen (secondary N) is 1. The molecule has 0 spiro atoms. The van der Waals surface area contributed by atoms with Crippen molar-refractivity contribution in [3.63, 3.8) is 0 Å². The molecule has 0 saturated heterocycles. The van der Waals surface area contributed by atoms with Crippen LogP contribution in [0.25, 0.3) is 5.76 Å². The van der Waals surface area contributed by atoms with Crippen LogP contribution >= 0.6 is 0 Å². The zero-order valence-corrected chi connectivity index (χ0v) is 24.7. The number of primary amides is 1. The minimum atomic E-state index is -2.67. The third kappa shape index (κ3) is 4.77. The van der Waals surface area contributed by atoms with Gasteiger partial charge in [-0.1, -0.05) is 30.3 Å². The number of aliphatic hydroxyl groups excluding tert-OH is 2. The summed E-state index contributed by atoms with van der Waals surface area (Å²) in [4.78, 5) is 42.9. The van der Waals surface area contributed by atoms with Gasteiger partial charge < -0.3 is 36.4 Å². The number of hydrogen-bond acceptors (Lipinski definition) is 10. The van der Waals surface area contributed by atoms with Crippen LogP contribution in [0.2, 0.25) is 0 Å². The van der Waals surface area contributed by atoms with Crippen molar-refractivity contribution in [3.8, 4) is 5.75 Å². The van der Waals surface area contributed by atoms with E-state index < -0.39 is 58.0 Å². The molecule has 7 N–H and O–H groups in total. The molecule has 3 aliphatic carbocycles. The maximum Gasteiger partial charge on any atom is 0.255 e. The van der Waals surface area contributed by atoms with Crippen LogP contribution in [0.15, 0.2) is 53.3 Å². The molecule has 2 aromatic rings. The van der Waals surface area contributed by atoms with E-state index in [1.807, 2.05) is 55.4 Å². The number of Topliss-reactive ketones (excluding diaryl/α,β-unsaturated/α-hetero) is 2. The molecule has 2 aromatic carbocycles. The Morgan fingerprint density at radius 1 is 1.09 bits per heavy atom. The fourth-order valence-corrected chi connectivity index (χ4v) is 6.98. The summed E-state index contributed by atoms with van der Waals surface area (Å²) in [6.45, 7) is 0.927. The van der Waals surface area contributed by atoms with Crippen LogP contribution in [0, 0.1) is 11.8 Å². The van der Waals surface area contributed by atoms with Crippen molar-refractivity contribution in [1.29, 1.82) is 0 Å². The van der Waals surface area contributed by atoms with E-state index >= 15 is 0 Å². The van der Waals surface area contributed by atoms with E-state index in [9.17, 15) is 34.8 Å². The Hall–Kier alpha value is -4.19. The van der Waals surface area contributed by atoms with Gasteiger partial charge in [-0.25, -0.2) is 0 Å². The van der Waals surface area contributed by atoms with Crippen molar-refractivity contribution in [2.75, 3.05) is 39.6 Å². The zero-order valence-electron chi connectivity index (χ0n) is 24.7. The minimum Gasteiger partial charge on any atom is -0.508 e. The van der Waals surface area contributed by atoms with Gasteiger partial charge in [0.2, 0.25) is 5.78 Å². The lowest BCUT2D eigenvalue weighted by molar-refractivity contribution is -0.153. The second-order valence-corrected chi connectivity index (χ2v) is 12.0. The lowest BCUT2D eigenvalue weighted by Crippen LogP contribution is -2.65. The number of fused-ring (bicyclic) bond motifs is 3. The Kier molecular flexibility index (Phi) is 7.84. The molecule has 4 atom stereocenters. The van der Waals surface area contributed by atoms with Crippen LogP contribution in [-0.2, 0) is 33.8 Å². The van der Waals surface area contributed by atoms with Crippen molar-refractivity contribution in [2.24, 2.45) is 17.6 Å². The average molecular weight is 591 g/mol. The van der Waals surface area contributed by atoms with Crippen LogP contribution in [0.1, 0.15) is 28.7 Å². The molecule has 5 rings (SSSR count). The Balaban J connectivity index is 1.58. The van der Waals surface area contributed by atoms with Gasteiger partial charge in [-0.05, 0) is 63.0 Å². The first kappa shape index (κ1) is 30.3. The molecule has 3 aliphatic rings. The van der Waals surface area contributed by atoms with Crippen LogP contribution in [0.4, 0.5) is 5.69 Å². The highest BCUT2D eigenvalue weighted by Gasteiger charge is 2.64. The summed E-state index contributed by atoms with van der Waals surface area (Å²) < 4.78 is 0. The molecule has 1 fully saturated rings. The Morgan fingerprint density at radius 3 is 2.37 bits per heavy atom. The molecule has 0 radical (unpaired) electrons. The van der Waals surface area contributed by atoms with Crippen LogP contribution in [-0.4, -0.2) is 89.2 Å². The van der Waals surface area contributed by atoms with Crippen molar-refractivity contribution in [1.82, 2.24) is 10.2 Å². The van der Waals surface area contributed by atoms with E-state index in [4.69, 9.17) is 5.73 Å². The van der Waals surface area contributed by atoms with Gasteiger partial charge in [0.05, 0.1) is 11.6 Å². The molecule has 0 heterocycles. The van der Waals surface area contributed by atoms with Gasteiger partial charge >= 0.3 is 0 Å². The summed E-state index contributed by atoms with van der Waals surface area (Å²) in [6.07, 6.45) is 1.05. The lowest BCUT2D eigenvalue weighted by atomic mass is 9.57. The first-order chi connectivity index (χ1) is 20.3. The number of benzene rings is 2. The normalized spacial score (nSPS) is 25.0. The number of anilines is 1. The molecular formula is C32H38N4O7. The maximum absolute atomic E-state index is 14.1. The van der Waals surface area contributed by atoms with Gasteiger partial charge in [-0.3, -0.25) is 19.3 Å². The predicted molar refractivity (Wildman–Crippen MR) is 160 cm³/mol. The molecule has 11 heteroatoms. The fourth-order valence-electron chi connectivity index (χ4n) is 6.98. The summed E-state index contributed by atoms with van der Waals surface area (Å²) in [5.41, 5.74) is 4.87. The van der Waals surface area contributed by atoms with E-state index in [0.29, 0.717) is 17.7 Å². The first-order valence-corrected chi connectivity index (χ1v) is 14.2. The van der Waals surface area contributed by atoms with E-state index in [1.54, 1.807) is 14.1 Å². The summed E-state index contributed by atoms with van der Waals surface area (Å²) >= 11 is 0. The smallest absolute Gasteiger partial charge is 0.255 e. The number of phenols is 1. The van der Waals surface area contributed by atoms with Crippen LogP contribution < -0.4 is 16.0 Å². The maximum atomic E-state index is 14.1. The van der Waals surface area contributed by atoms with Crippen molar-refractivity contribution in [3.05, 3.63) is 75.6 Å². The summed E-state index contributed by atoms with van der Waals surface area (Å²) in [7, 11) is 6.84. The molecule has 1 saturated carbocycles. The van der Waals surface area contributed by atoms with Crippen molar-refractivity contribution >= 4 is 28.9 Å². The van der Waals surface area contributed by atoms with Gasteiger partial charge in [0.1, 0.15) is 22.8 Å². The highest BCUT2D eigenvalue weighted by Crippen LogP contribution is 2.54. The quantitative estimate of drug-likeness (QED) is 0.194. The number of carbonyl (C=O) groups is 3. The number of amides is 1. The van der Waals surface area contributed by atoms with Crippen LogP contribution in [0.3, 0.4) is 0 Å². The Morgan fingerprint density at radius 2 is 1.77 bits per heavy atom. The number of aliphatic hydroxyl groups is 3. The number of nitrogens with two attached hydrogens (primary N) is 1. The zero-order chi connectivity index (χ0) is 31.4. The van der Waals surface area contributed by atoms with E-state index in [-0.39, 0.29) is 36.3 Å². The fraction of sp³-hybridized carbons (Fsp3) is 0.406. The summed E-state index contributed by atoms with van der Waals surface area (Å²) in [6, 6.07) is 10.7. The molecule has 0 aliphatic heterocycles. The van der Waals surface area contributed by atoms with E-state index in [0.717, 1.165) is 17.7 Å².